The number of rotatable bonds is 5. The second-order valence-corrected chi connectivity index (χ2v) is 5.71. The number of aromatic nitrogens is 1. The molecule has 0 saturated heterocycles. The lowest BCUT2D eigenvalue weighted by atomic mass is 10.0. The van der Waals surface area contributed by atoms with Crippen molar-refractivity contribution in [3.8, 4) is 0 Å². The van der Waals surface area contributed by atoms with Crippen LogP contribution in [0.25, 0.3) is 0 Å². The van der Waals surface area contributed by atoms with Crippen molar-refractivity contribution in [1.82, 2.24) is 9.99 Å². The van der Waals surface area contributed by atoms with E-state index in [9.17, 15) is 14.4 Å². The first-order valence-electron chi connectivity index (χ1n) is 7.00. The number of aryl methyl sites for hydroxylation is 1. The van der Waals surface area contributed by atoms with Crippen LogP contribution in [0.4, 0.5) is 0 Å². The topological polar surface area (TPSA) is 80.5 Å². The molecule has 7 heteroatoms. The highest BCUT2D eigenvalue weighted by atomic mass is 32.1. The lowest BCUT2D eigenvalue weighted by molar-refractivity contribution is -0.122. The van der Waals surface area contributed by atoms with Gasteiger partial charge in [-0.2, -0.15) is 0 Å². The zero-order valence-corrected chi connectivity index (χ0v) is 13.3. The van der Waals surface area contributed by atoms with Gasteiger partial charge in [0.25, 0.3) is 5.91 Å². The lowest BCUT2D eigenvalue weighted by Gasteiger charge is -2.06. The third kappa shape index (κ3) is 3.67. The van der Waals surface area contributed by atoms with Crippen molar-refractivity contribution in [3.05, 3.63) is 39.7 Å². The molecule has 1 aliphatic rings. The first kappa shape index (κ1) is 16.1. The van der Waals surface area contributed by atoms with Gasteiger partial charge < -0.3 is 4.57 Å². The average Bonchev–Trinajstić information content (AvgIpc) is 2.85. The molecule has 1 heterocycles. The Labute approximate surface area is 131 Å². The summed E-state index contributed by atoms with van der Waals surface area (Å²) >= 11 is 1.41. The van der Waals surface area contributed by atoms with Crippen LogP contribution in [0.3, 0.4) is 0 Å². The van der Waals surface area contributed by atoms with Crippen LogP contribution in [0, 0.1) is 6.92 Å². The zero-order valence-electron chi connectivity index (χ0n) is 12.5. The molecule has 1 N–H and O–H groups in total. The van der Waals surface area contributed by atoms with Gasteiger partial charge in [-0.3, -0.25) is 14.4 Å². The largest absolute Gasteiger partial charge is 0.320 e. The van der Waals surface area contributed by atoms with E-state index in [2.05, 4.69) is 17.5 Å². The normalized spacial score (nSPS) is 15.2. The third-order valence-electron chi connectivity index (χ3n) is 3.18. The molecule has 1 aromatic rings. The van der Waals surface area contributed by atoms with E-state index in [0.29, 0.717) is 4.80 Å². The summed E-state index contributed by atoms with van der Waals surface area (Å²) in [4.78, 5) is 35.5. The summed E-state index contributed by atoms with van der Waals surface area (Å²) in [5, 5.41) is 6.02. The van der Waals surface area contributed by atoms with Gasteiger partial charge in [0, 0.05) is 23.7 Å². The van der Waals surface area contributed by atoms with Gasteiger partial charge in [-0.05, 0) is 25.5 Å². The minimum Gasteiger partial charge on any atom is -0.320 e. The molecule has 0 fully saturated rings. The molecule has 0 unspecified atom stereocenters. The molecule has 0 radical (unpaired) electrons. The SMILES string of the molecule is CCCCn1c(C)cs/c1=N/NC(=O)C1=CC(=O)C=CC1=O. The average molecular weight is 319 g/mol. The van der Waals surface area contributed by atoms with Crippen LogP contribution in [0.15, 0.2) is 34.3 Å². The number of carbonyl (C=O) groups is 3. The fourth-order valence-electron chi connectivity index (χ4n) is 1.94. The molecule has 0 spiro atoms. The lowest BCUT2D eigenvalue weighted by Crippen LogP contribution is -2.29. The number of nitrogens with zero attached hydrogens (tertiary/aromatic N) is 2. The van der Waals surface area contributed by atoms with Gasteiger partial charge in [0.05, 0.1) is 5.57 Å². The predicted octanol–water partition coefficient (Wildman–Crippen LogP) is 1.22. The summed E-state index contributed by atoms with van der Waals surface area (Å²) < 4.78 is 2.01. The fraction of sp³-hybridized carbons (Fsp3) is 0.333. The van der Waals surface area contributed by atoms with E-state index >= 15 is 0 Å². The van der Waals surface area contributed by atoms with Gasteiger partial charge >= 0.3 is 0 Å². The van der Waals surface area contributed by atoms with Crippen LogP contribution in [-0.2, 0) is 20.9 Å². The molecule has 0 saturated carbocycles. The van der Waals surface area contributed by atoms with Crippen LogP contribution < -0.4 is 10.2 Å². The zero-order chi connectivity index (χ0) is 16.1. The van der Waals surface area contributed by atoms with E-state index in [-0.39, 0.29) is 11.4 Å². The monoisotopic (exact) mass is 319 g/mol. The van der Waals surface area contributed by atoms with Crippen molar-refractivity contribution in [2.24, 2.45) is 5.10 Å². The maximum absolute atomic E-state index is 12.0. The van der Waals surface area contributed by atoms with Crippen LogP contribution in [0.5, 0.6) is 0 Å². The molecular weight excluding hydrogens is 302 g/mol. The summed E-state index contributed by atoms with van der Waals surface area (Å²) in [5.74, 6) is -1.54. The molecule has 6 nitrogen and oxygen atoms in total. The minimum atomic E-state index is -0.671. The van der Waals surface area contributed by atoms with Gasteiger partial charge in [0.1, 0.15) is 0 Å². The van der Waals surface area contributed by atoms with Crippen molar-refractivity contribution in [2.45, 2.75) is 33.2 Å². The van der Waals surface area contributed by atoms with Gasteiger partial charge in [0.2, 0.25) is 4.80 Å². The Morgan fingerprint density at radius 1 is 1.36 bits per heavy atom. The quantitative estimate of drug-likeness (QED) is 0.503. The minimum absolute atomic E-state index is 0.190. The molecule has 22 heavy (non-hydrogen) atoms. The molecule has 0 aromatic carbocycles. The highest BCUT2D eigenvalue weighted by Gasteiger charge is 2.20. The second kappa shape index (κ2) is 7.13. The van der Waals surface area contributed by atoms with Crippen LogP contribution >= 0.6 is 11.3 Å². The van der Waals surface area contributed by atoms with Gasteiger partial charge in [-0.15, -0.1) is 16.4 Å². The molecule has 116 valence electrons. The molecular formula is C15H17N3O3S. The number of nitrogens with one attached hydrogen (secondary N) is 1. The Hall–Kier alpha value is -2.28. The van der Waals surface area contributed by atoms with Crippen molar-refractivity contribution >= 4 is 28.8 Å². The molecule has 0 atom stereocenters. The van der Waals surface area contributed by atoms with Gasteiger partial charge in [-0.1, -0.05) is 13.3 Å². The number of amides is 1. The third-order valence-corrected chi connectivity index (χ3v) is 4.16. The van der Waals surface area contributed by atoms with Crippen LogP contribution in [0.1, 0.15) is 25.5 Å². The summed E-state index contributed by atoms with van der Waals surface area (Å²) in [5.41, 5.74) is 3.23. The van der Waals surface area contributed by atoms with E-state index in [0.717, 1.165) is 43.3 Å². The molecule has 2 rings (SSSR count). The number of hydrogen-bond acceptors (Lipinski definition) is 5. The summed E-state index contributed by atoms with van der Waals surface area (Å²) in [7, 11) is 0. The smallest absolute Gasteiger partial charge is 0.275 e. The molecule has 0 bridgehead atoms. The summed E-state index contributed by atoms with van der Waals surface area (Å²) in [6, 6.07) is 0. The molecule has 1 aromatic heterocycles. The molecule has 1 amide bonds. The van der Waals surface area contributed by atoms with Crippen LogP contribution in [0.2, 0.25) is 0 Å². The number of carbonyl (C=O) groups excluding carboxylic acids is 3. The first-order chi connectivity index (χ1) is 10.5. The summed E-state index contributed by atoms with van der Waals surface area (Å²) in [6.07, 6.45) is 5.33. The maximum atomic E-state index is 12.0. The van der Waals surface area contributed by atoms with Crippen molar-refractivity contribution in [2.75, 3.05) is 0 Å². The molecule has 1 aliphatic carbocycles. The van der Waals surface area contributed by atoms with E-state index in [1.807, 2.05) is 16.9 Å². The molecule has 0 aliphatic heterocycles. The van der Waals surface area contributed by atoms with E-state index in [1.54, 1.807) is 0 Å². The Kier molecular flexibility index (Phi) is 5.21. The number of hydrogen-bond donors (Lipinski definition) is 1. The van der Waals surface area contributed by atoms with Crippen molar-refractivity contribution in [3.63, 3.8) is 0 Å². The van der Waals surface area contributed by atoms with Crippen molar-refractivity contribution < 1.29 is 14.4 Å². The van der Waals surface area contributed by atoms with Crippen LogP contribution in [-0.4, -0.2) is 22.0 Å². The second-order valence-electron chi connectivity index (χ2n) is 4.88. The fourth-order valence-corrected chi connectivity index (χ4v) is 2.80. The van der Waals surface area contributed by atoms with E-state index in [4.69, 9.17) is 0 Å². The standard InChI is InChI=1S/C15H17N3O3S/c1-3-4-7-18-10(2)9-22-15(18)17-16-14(21)12-8-11(19)5-6-13(12)20/h5-6,8-9H,3-4,7H2,1-2H3,(H,16,21)/b17-15+. The Morgan fingerprint density at radius 2 is 2.14 bits per heavy atom. The number of ketones is 2. The van der Waals surface area contributed by atoms with E-state index in [1.165, 1.54) is 11.3 Å². The maximum Gasteiger partial charge on any atom is 0.275 e. The highest BCUT2D eigenvalue weighted by molar-refractivity contribution is 7.07. The Balaban J connectivity index is 2.17. The van der Waals surface area contributed by atoms with Gasteiger partial charge in [-0.25, -0.2) is 5.43 Å². The predicted molar refractivity (Wildman–Crippen MR) is 82.9 cm³/mol. The first-order valence-corrected chi connectivity index (χ1v) is 7.88. The number of unbranched alkanes of at least 4 members (excludes halogenated alkanes) is 1. The highest BCUT2D eigenvalue weighted by Crippen LogP contribution is 2.06. The number of allylic oxidation sites excluding steroid dienone is 3. The van der Waals surface area contributed by atoms with E-state index < -0.39 is 11.7 Å². The number of thiazole rings is 1. The summed E-state index contributed by atoms with van der Waals surface area (Å²) in [6.45, 7) is 4.90. The van der Waals surface area contributed by atoms with Crippen molar-refractivity contribution in [1.29, 1.82) is 0 Å². The van der Waals surface area contributed by atoms with Gasteiger partial charge in [0.15, 0.2) is 11.6 Å². The Bertz CT molecular complexity index is 737. The Morgan fingerprint density at radius 3 is 2.86 bits per heavy atom.